The van der Waals surface area contributed by atoms with Crippen molar-refractivity contribution in [1.29, 1.82) is 10.5 Å². The van der Waals surface area contributed by atoms with Crippen molar-refractivity contribution in [3.05, 3.63) is 125 Å². The van der Waals surface area contributed by atoms with Gasteiger partial charge in [-0.2, -0.15) is 10.5 Å². The van der Waals surface area contributed by atoms with E-state index in [1.807, 2.05) is 56.4 Å². The third-order valence-electron chi connectivity index (χ3n) is 7.33. The summed E-state index contributed by atoms with van der Waals surface area (Å²) in [7, 11) is 0. The molecule has 0 aliphatic heterocycles. The Balaban J connectivity index is 1.71. The van der Waals surface area contributed by atoms with Crippen molar-refractivity contribution >= 4 is 22.6 Å². The zero-order valence-electron chi connectivity index (χ0n) is 22.6. The highest BCUT2D eigenvalue weighted by atomic mass is 127. The molecule has 0 saturated carbocycles. The second-order valence-electron chi connectivity index (χ2n) is 10.6. The molecule has 39 heavy (non-hydrogen) atoms. The Morgan fingerprint density at radius 3 is 2.23 bits per heavy atom. The van der Waals surface area contributed by atoms with Gasteiger partial charge in [0.05, 0.1) is 29.2 Å². The SMILES string of the molecule is C[C@H](NC(c1cccc(-c2cccnc2)c1)C(C)(C)C#N)[C@@H](Cc1ccc(CI)cc1)c1cccc(C#N)c1. The van der Waals surface area contributed by atoms with E-state index in [0.29, 0.717) is 5.56 Å². The third kappa shape index (κ3) is 7.12. The van der Waals surface area contributed by atoms with Crippen LogP contribution < -0.4 is 5.32 Å². The van der Waals surface area contributed by atoms with E-state index in [0.717, 1.165) is 33.1 Å². The van der Waals surface area contributed by atoms with Gasteiger partial charge in [-0.3, -0.25) is 4.98 Å². The van der Waals surface area contributed by atoms with Gasteiger partial charge in [-0.05, 0) is 84.8 Å². The summed E-state index contributed by atoms with van der Waals surface area (Å²) in [6.45, 7) is 6.17. The van der Waals surface area contributed by atoms with Crippen molar-refractivity contribution in [2.45, 2.75) is 49.6 Å². The molecule has 4 rings (SSSR count). The maximum atomic E-state index is 10.2. The Bertz CT molecular complexity index is 1470. The zero-order chi connectivity index (χ0) is 27.8. The molecule has 1 N–H and O–H groups in total. The molecule has 0 fully saturated rings. The number of nitriles is 2. The quantitative estimate of drug-likeness (QED) is 0.143. The van der Waals surface area contributed by atoms with Crippen LogP contribution in [0.3, 0.4) is 0 Å². The Morgan fingerprint density at radius 2 is 1.56 bits per heavy atom. The summed E-state index contributed by atoms with van der Waals surface area (Å²) >= 11 is 2.38. The number of rotatable bonds is 10. The zero-order valence-corrected chi connectivity index (χ0v) is 24.8. The van der Waals surface area contributed by atoms with Gasteiger partial charge in [-0.15, -0.1) is 0 Å². The number of alkyl halides is 1. The van der Waals surface area contributed by atoms with Crippen LogP contribution in [-0.4, -0.2) is 11.0 Å². The lowest BCUT2D eigenvalue weighted by atomic mass is 9.79. The molecule has 0 saturated heterocycles. The van der Waals surface area contributed by atoms with E-state index in [1.54, 1.807) is 6.20 Å². The van der Waals surface area contributed by atoms with Gasteiger partial charge in [0, 0.05) is 28.8 Å². The molecule has 0 radical (unpaired) electrons. The van der Waals surface area contributed by atoms with Gasteiger partial charge in [0.15, 0.2) is 0 Å². The van der Waals surface area contributed by atoms with Crippen molar-refractivity contribution in [1.82, 2.24) is 10.3 Å². The van der Waals surface area contributed by atoms with Crippen LogP contribution in [0.5, 0.6) is 0 Å². The van der Waals surface area contributed by atoms with Crippen LogP contribution >= 0.6 is 22.6 Å². The first-order chi connectivity index (χ1) is 18.8. The van der Waals surface area contributed by atoms with Crippen molar-refractivity contribution in [2.75, 3.05) is 0 Å². The third-order valence-corrected chi connectivity index (χ3v) is 8.22. The van der Waals surface area contributed by atoms with E-state index >= 15 is 0 Å². The molecule has 0 spiro atoms. The second-order valence-corrected chi connectivity index (χ2v) is 11.3. The van der Waals surface area contributed by atoms with Crippen LogP contribution in [0.1, 0.15) is 60.5 Å². The van der Waals surface area contributed by atoms with Gasteiger partial charge in [0.25, 0.3) is 0 Å². The number of pyridine rings is 1. The van der Waals surface area contributed by atoms with Gasteiger partial charge in [0.1, 0.15) is 0 Å². The molecule has 0 aliphatic rings. The summed E-state index contributed by atoms with van der Waals surface area (Å²) in [6, 6.07) is 33.7. The Hall–Kier alpha value is -3.52. The molecule has 0 aliphatic carbocycles. The van der Waals surface area contributed by atoms with Crippen LogP contribution in [0.15, 0.2) is 97.3 Å². The normalized spacial score (nSPS) is 13.6. The number of nitrogens with one attached hydrogen (secondary N) is 1. The molecule has 196 valence electrons. The first kappa shape index (κ1) is 28.5. The first-order valence-electron chi connectivity index (χ1n) is 13.2. The number of benzene rings is 3. The van der Waals surface area contributed by atoms with E-state index in [4.69, 9.17) is 0 Å². The average Bonchev–Trinajstić information content (AvgIpc) is 2.99. The number of aromatic nitrogens is 1. The Kier molecular flexibility index (Phi) is 9.51. The van der Waals surface area contributed by atoms with E-state index in [-0.39, 0.29) is 18.0 Å². The fourth-order valence-electron chi connectivity index (χ4n) is 5.04. The summed E-state index contributed by atoms with van der Waals surface area (Å²) in [5, 5.41) is 23.6. The maximum Gasteiger partial charge on any atom is 0.0991 e. The van der Waals surface area contributed by atoms with E-state index in [1.165, 1.54) is 11.1 Å². The number of nitrogens with zero attached hydrogens (tertiary/aromatic N) is 3. The number of halogens is 1. The lowest BCUT2D eigenvalue weighted by molar-refractivity contribution is 0.281. The number of hydrogen-bond donors (Lipinski definition) is 1. The van der Waals surface area contributed by atoms with E-state index < -0.39 is 5.41 Å². The molecular weight excluding hydrogens is 591 g/mol. The monoisotopic (exact) mass is 624 g/mol. The average molecular weight is 625 g/mol. The molecule has 5 heteroatoms. The topological polar surface area (TPSA) is 72.5 Å². The van der Waals surface area contributed by atoms with Gasteiger partial charge < -0.3 is 5.32 Å². The maximum absolute atomic E-state index is 10.2. The van der Waals surface area contributed by atoms with Crippen LogP contribution in [0, 0.1) is 28.1 Å². The first-order valence-corrected chi connectivity index (χ1v) is 14.7. The minimum Gasteiger partial charge on any atom is -0.305 e. The summed E-state index contributed by atoms with van der Waals surface area (Å²) < 4.78 is 0.979. The smallest absolute Gasteiger partial charge is 0.0991 e. The summed E-state index contributed by atoms with van der Waals surface area (Å²) in [5.74, 6) is 0.0993. The summed E-state index contributed by atoms with van der Waals surface area (Å²) in [6.07, 6.45) is 4.45. The van der Waals surface area contributed by atoms with Gasteiger partial charge in [0.2, 0.25) is 0 Å². The van der Waals surface area contributed by atoms with Gasteiger partial charge in [-0.25, -0.2) is 0 Å². The second kappa shape index (κ2) is 13.0. The van der Waals surface area contributed by atoms with Crippen molar-refractivity contribution in [3.8, 4) is 23.3 Å². The van der Waals surface area contributed by atoms with Crippen molar-refractivity contribution in [3.63, 3.8) is 0 Å². The standard InChI is InChI=1S/C34H33IN4/c1-24(32(29-9-4-7-27(17-29)21-36)18-25-12-14-26(20-35)15-13-25)39-33(34(2,3)23-37)30-10-5-8-28(19-30)31-11-6-16-38-22-31/h4-17,19,22,24,32-33,39H,18,20H2,1-3H3/t24-,32+,33?/m0/s1. The lowest BCUT2D eigenvalue weighted by Gasteiger charge is -2.36. The van der Waals surface area contributed by atoms with Crippen LogP contribution in [0.25, 0.3) is 11.1 Å². The fourth-order valence-corrected chi connectivity index (χ4v) is 5.55. The predicted octanol–water partition coefficient (Wildman–Crippen LogP) is 8.15. The molecule has 1 unspecified atom stereocenters. The van der Waals surface area contributed by atoms with Crippen LogP contribution in [0.2, 0.25) is 0 Å². The highest BCUT2D eigenvalue weighted by Gasteiger charge is 2.34. The molecule has 3 atom stereocenters. The fraction of sp³-hybridized carbons (Fsp3) is 0.265. The van der Waals surface area contributed by atoms with Gasteiger partial charge in [-0.1, -0.05) is 83.3 Å². The molecule has 4 nitrogen and oxygen atoms in total. The number of hydrogen-bond acceptors (Lipinski definition) is 4. The predicted molar refractivity (Wildman–Crippen MR) is 166 cm³/mol. The van der Waals surface area contributed by atoms with Crippen LogP contribution in [-0.2, 0) is 10.8 Å². The van der Waals surface area contributed by atoms with E-state index in [2.05, 4.69) is 100 Å². The molecule has 0 bridgehead atoms. The molecule has 1 heterocycles. The molecule has 0 amide bonds. The molecular formula is C34H33IN4. The minimum absolute atomic E-state index is 0.0165. The lowest BCUT2D eigenvalue weighted by Crippen LogP contribution is -2.42. The van der Waals surface area contributed by atoms with E-state index in [9.17, 15) is 10.5 Å². The Morgan fingerprint density at radius 1 is 0.872 bits per heavy atom. The Labute approximate surface area is 245 Å². The van der Waals surface area contributed by atoms with Crippen molar-refractivity contribution in [2.24, 2.45) is 5.41 Å². The minimum atomic E-state index is -0.664. The molecule has 3 aromatic carbocycles. The largest absolute Gasteiger partial charge is 0.305 e. The highest BCUT2D eigenvalue weighted by Crippen LogP contribution is 2.37. The molecule has 1 aromatic heterocycles. The van der Waals surface area contributed by atoms with Crippen LogP contribution in [0.4, 0.5) is 0 Å². The summed E-state index contributed by atoms with van der Waals surface area (Å²) in [4.78, 5) is 4.28. The summed E-state index contributed by atoms with van der Waals surface area (Å²) in [5.41, 5.74) is 6.84. The van der Waals surface area contributed by atoms with Crippen molar-refractivity contribution < 1.29 is 0 Å². The van der Waals surface area contributed by atoms with Gasteiger partial charge >= 0.3 is 0 Å². The molecule has 4 aromatic rings. The highest BCUT2D eigenvalue weighted by molar-refractivity contribution is 14.1.